The Kier molecular flexibility index (Phi) is 9.73. The Hall–Kier alpha value is -5.02. The molecule has 1 aromatic heterocycles. The molecule has 0 aliphatic carbocycles. The molecule has 0 atom stereocenters. The van der Waals surface area contributed by atoms with Crippen molar-refractivity contribution in [1.29, 1.82) is 0 Å². The molecule has 3 aromatic carbocycles. The van der Waals surface area contributed by atoms with Gasteiger partial charge in [-0.25, -0.2) is 4.79 Å². The van der Waals surface area contributed by atoms with Gasteiger partial charge < -0.3 is 15.4 Å². The number of carbonyl (C=O) groups excluding carboxylic acids is 3. The van der Waals surface area contributed by atoms with Crippen LogP contribution in [0.15, 0.2) is 79.0 Å². The standard InChI is InChI=1S/C28H17Cl2F6N5O4/c29-21-7-1-14(11-19(21)27(31,32)33)24(42)40-41-25(43)23-13-18(9-10-37-23)45-17-5-2-15(3-6-17)38-26(44)39-16-4-8-22(30)20(12-16)28(34,35)36/h1-13H,(H,40,42)(H,41,43)(H2,38,39,44). The first kappa shape index (κ1) is 32.9. The summed E-state index contributed by atoms with van der Waals surface area (Å²) >= 11 is 11.1. The summed E-state index contributed by atoms with van der Waals surface area (Å²) in [4.78, 5) is 40.9. The van der Waals surface area contributed by atoms with Crippen LogP contribution >= 0.6 is 23.2 Å². The number of hydrogen-bond donors (Lipinski definition) is 4. The lowest BCUT2D eigenvalue weighted by atomic mass is 10.1. The van der Waals surface area contributed by atoms with Crippen molar-refractivity contribution in [2.24, 2.45) is 0 Å². The predicted molar refractivity (Wildman–Crippen MR) is 151 cm³/mol. The van der Waals surface area contributed by atoms with Gasteiger partial charge in [0.15, 0.2) is 0 Å². The average Bonchev–Trinajstić information content (AvgIpc) is 2.97. The maximum absolute atomic E-state index is 13.1. The Balaban J connectivity index is 1.33. The number of benzene rings is 3. The van der Waals surface area contributed by atoms with Gasteiger partial charge in [-0.1, -0.05) is 23.2 Å². The van der Waals surface area contributed by atoms with Crippen LogP contribution in [0, 0.1) is 0 Å². The Morgan fingerprint density at radius 2 is 1.20 bits per heavy atom. The molecular weight excluding hydrogens is 655 g/mol. The fourth-order valence-corrected chi connectivity index (χ4v) is 4.04. The highest BCUT2D eigenvalue weighted by molar-refractivity contribution is 6.32. The molecule has 0 fully saturated rings. The van der Waals surface area contributed by atoms with Crippen LogP contribution in [0.3, 0.4) is 0 Å². The summed E-state index contributed by atoms with van der Waals surface area (Å²) in [6, 6.07) is 13.0. The van der Waals surface area contributed by atoms with Crippen LogP contribution in [0.5, 0.6) is 11.5 Å². The summed E-state index contributed by atoms with van der Waals surface area (Å²) in [5, 5.41) is 3.61. The van der Waals surface area contributed by atoms with E-state index in [-0.39, 0.29) is 28.6 Å². The van der Waals surface area contributed by atoms with E-state index in [0.29, 0.717) is 12.1 Å². The predicted octanol–water partition coefficient (Wildman–Crippen LogP) is 7.94. The number of anilines is 2. The lowest BCUT2D eigenvalue weighted by Crippen LogP contribution is -2.42. The molecule has 0 radical (unpaired) electrons. The minimum Gasteiger partial charge on any atom is -0.457 e. The number of rotatable bonds is 6. The van der Waals surface area contributed by atoms with Gasteiger partial charge in [0.1, 0.15) is 17.2 Å². The second-order valence-corrected chi connectivity index (χ2v) is 9.69. The van der Waals surface area contributed by atoms with Crippen LogP contribution in [-0.4, -0.2) is 22.8 Å². The molecule has 1 heterocycles. The number of halogens is 8. The first-order chi connectivity index (χ1) is 21.1. The van der Waals surface area contributed by atoms with Gasteiger partial charge in [-0.2, -0.15) is 26.3 Å². The zero-order chi connectivity index (χ0) is 32.9. The number of ether oxygens (including phenoxy) is 1. The highest BCUT2D eigenvalue weighted by atomic mass is 35.5. The van der Waals surface area contributed by atoms with Crippen molar-refractivity contribution in [3.63, 3.8) is 0 Å². The number of aromatic nitrogens is 1. The Morgan fingerprint density at radius 3 is 1.84 bits per heavy atom. The number of amides is 4. The van der Waals surface area contributed by atoms with Gasteiger partial charge in [0, 0.05) is 29.2 Å². The smallest absolute Gasteiger partial charge is 0.417 e. The molecule has 0 saturated heterocycles. The highest BCUT2D eigenvalue weighted by Gasteiger charge is 2.34. The molecule has 0 unspecified atom stereocenters. The van der Waals surface area contributed by atoms with Crippen molar-refractivity contribution in [3.8, 4) is 11.5 Å². The molecule has 0 bridgehead atoms. The quantitative estimate of drug-likeness (QED) is 0.123. The third kappa shape index (κ3) is 8.77. The Morgan fingerprint density at radius 1 is 0.644 bits per heavy atom. The summed E-state index contributed by atoms with van der Waals surface area (Å²) in [7, 11) is 0. The second kappa shape index (κ2) is 13.3. The van der Waals surface area contributed by atoms with Crippen LogP contribution in [-0.2, 0) is 12.4 Å². The van der Waals surface area contributed by atoms with Gasteiger partial charge in [0.2, 0.25) is 0 Å². The summed E-state index contributed by atoms with van der Waals surface area (Å²) in [6.45, 7) is 0. The van der Waals surface area contributed by atoms with Crippen LogP contribution in [0.4, 0.5) is 42.5 Å². The maximum Gasteiger partial charge on any atom is 0.417 e. The monoisotopic (exact) mass is 671 g/mol. The number of nitrogens with one attached hydrogen (secondary N) is 4. The number of alkyl halides is 6. The van der Waals surface area contributed by atoms with E-state index in [1.165, 1.54) is 48.7 Å². The molecule has 4 rings (SSSR count). The van der Waals surface area contributed by atoms with Crippen LogP contribution in [0.1, 0.15) is 32.0 Å². The number of pyridine rings is 1. The molecule has 4 amide bonds. The minimum atomic E-state index is -4.79. The van der Waals surface area contributed by atoms with Crippen molar-refractivity contribution < 1.29 is 45.5 Å². The van der Waals surface area contributed by atoms with E-state index in [2.05, 4.69) is 15.6 Å². The molecule has 234 valence electrons. The maximum atomic E-state index is 13.1. The number of carbonyl (C=O) groups is 3. The van der Waals surface area contributed by atoms with E-state index >= 15 is 0 Å². The van der Waals surface area contributed by atoms with Crippen molar-refractivity contribution in [3.05, 3.63) is 111 Å². The van der Waals surface area contributed by atoms with Crippen molar-refractivity contribution in [2.75, 3.05) is 10.6 Å². The number of urea groups is 1. The number of hydrogen-bond acceptors (Lipinski definition) is 5. The Labute approximate surface area is 259 Å². The lowest BCUT2D eigenvalue weighted by molar-refractivity contribution is -0.138. The molecule has 45 heavy (non-hydrogen) atoms. The van der Waals surface area contributed by atoms with Crippen molar-refractivity contribution in [2.45, 2.75) is 12.4 Å². The molecule has 0 saturated carbocycles. The molecule has 4 aromatic rings. The second-order valence-electron chi connectivity index (χ2n) is 8.88. The fraction of sp³-hybridized carbons (Fsp3) is 0.0714. The summed E-state index contributed by atoms with van der Waals surface area (Å²) in [5.74, 6) is -1.56. The number of hydrazine groups is 1. The molecule has 0 spiro atoms. The van der Waals surface area contributed by atoms with Crippen LogP contribution in [0.25, 0.3) is 0 Å². The summed E-state index contributed by atoms with van der Waals surface area (Å²) in [6.07, 6.45) is -8.28. The molecular formula is C28H17Cl2F6N5O4. The van der Waals surface area contributed by atoms with Gasteiger partial charge in [-0.3, -0.25) is 25.4 Å². The number of nitrogens with zero attached hydrogens (tertiary/aromatic N) is 1. The molecule has 0 aliphatic rings. The fourth-order valence-electron chi connectivity index (χ4n) is 3.59. The van der Waals surface area contributed by atoms with E-state index in [1.54, 1.807) is 0 Å². The third-order valence-electron chi connectivity index (χ3n) is 5.67. The van der Waals surface area contributed by atoms with Gasteiger partial charge in [0.05, 0.1) is 21.2 Å². The van der Waals surface area contributed by atoms with Gasteiger partial charge in [-0.15, -0.1) is 0 Å². The Bertz CT molecular complexity index is 1750. The van der Waals surface area contributed by atoms with Gasteiger partial charge in [0.25, 0.3) is 11.8 Å². The van der Waals surface area contributed by atoms with Crippen LogP contribution < -0.4 is 26.2 Å². The largest absolute Gasteiger partial charge is 0.457 e. The van der Waals surface area contributed by atoms with E-state index in [1.807, 2.05) is 10.9 Å². The molecule has 4 N–H and O–H groups in total. The normalized spacial score (nSPS) is 11.4. The third-order valence-corrected chi connectivity index (χ3v) is 6.32. The summed E-state index contributed by atoms with van der Waals surface area (Å²) < 4.78 is 84.0. The van der Waals surface area contributed by atoms with E-state index in [0.717, 1.165) is 18.2 Å². The molecule has 0 aliphatic heterocycles. The van der Waals surface area contributed by atoms with Crippen LogP contribution in [0.2, 0.25) is 10.0 Å². The van der Waals surface area contributed by atoms with Crippen molar-refractivity contribution in [1.82, 2.24) is 15.8 Å². The lowest BCUT2D eigenvalue weighted by Gasteiger charge is -2.13. The summed E-state index contributed by atoms with van der Waals surface area (Å²) in [5.41, 5.74) is 1.20. The van der Waals surface area contributed by atoms with Gasteiger partial charge >= 0.3 is 18.4 Å². The first-order valence-corrected chi connectivity index (χ1v) is 13.0. The molecule has 17 heteroatoms. The average molecular weight is 672 g/mol. The van der Waals surface area contributed by atoms with Gasteiger partial charge in [-0.05, 0) is 66.7 Å². The van der Waals surface area contributed by atoms with E-state index in [9.17, 15) is 40.7 Å². The zero-order valence-electron chi connectivity index (χ0n) is 22.1. The van der Waals surface area contributed by atoms with E-state index in [4.69, 9.17) is 27.9 Å². The first-order valence-electron chi connectivity index (χ1n) is 12.3. The minimum absolute atomic E-state index is 0.135. The topological polar surface area (TPSA) is 121 Å². The van der Waals surface area contributed by atoms with E-state index < -0.39 is 56.9 Å². The zero-order valence-corrected chi connectivity index (χ0v) is 23.6. The highest BCUT2D eigenvalue weighted by Crippen LogP contribution is 2.37. The van der Waals surface area contributed by atoms with Crippen molar-refractivity contribution >= 4 is 52.4 Å². The molecule has 9 nitrogen and oxygen atoms in total. The SMILES string of the molecule is O=C(Nc1ccc(Oc2ccnc(C(=O)NNC(=O)c3ccc(Cl)c(C(F)(F)F)c3)c2)cc1)Nc1ccc(Cl)c(C(F)(F)F)c1.